The third-order valence-corrected chi connectivity index (χ3v) is 0. The second kappa shape index (κ2) is 66.2. The van der Waals surface area contributed by atoms with Crippen LogP contribution in [0, 0.1) is 0 Å². The standard InChI is InChI=1S/2ClH.2N.Pd/h2*1H;;;/q;;;;+2/p-2. The van der Waals surface area contributed by atoms with E-state index >= 15 is 0 Å². The average molecular weight is 205 g/mol. The van der Waals surface area contributed by atoms with Gasteiger partial charge in [0.1, 0.15) is 0 Å². The molecule has 0 amide bonds. The van der Waals surface area contributed by atoms with Gasteiger partial charge in [0.15, 0.2) is 0 Å². The van der Waals surface area contributed by atoms with Gasteiger partial charge in [0, 0.05) is 12.3 Å². The van der Waals surface area contributed by atoms with Gasteiger partial charge in [-0.1, -0.05) is 0 Å². The largest absolute Gasteiger partial charge is 2.00 e. The first-order chi connectivity index (χ1) is 0. The van der Waals surface area contributed by atoms with Crippen molar-refractivity contribution in [3.63, 3.8) is 0 Å². The van der Waals surface area contributed by atoms with E-state index in [0.717, 1.165) is 0 Å². The fourth-order valence-corrected chi connectivity index (χ4v) is 0. The minimum Gasteiger partial charge on any atom is -1.00 e. The van der Waals surface area contributed by atoms with Crippen LogP contribution in [0.2, 0.25) is 0 Å². The predicted molar refractivity (Wildman–Crippen MR) is 4.27 cm³/mol. The normalized spacial score (nSPS) is 0. The van der Waals surface area contributed by atoms with Crippen LogP contribution in [0.3, 0.4) is 0 Å². The van der Waals surface area contributed by atoms with Gasteiger partial charge in [-0.15, -0.1) is 0 Å². The fourth-order valence-electron chi connectivity index (χ4n) is 0. The van der Waals surface area contributed by atoms with Gasteiger partial charge in [-0.05, 0) is 0 Å². The van der Waals surface area contributed by atoms with Crippen molar-refractivity contribution in [2.24, 2.45) is 0 Å². The van der Waals surface area contributed by atoms with Gasteiger partial charge >= 0.3 is 20.4 Å². The smallest absolute Gasteiger partial charge is 1.00 e. The second-order valence-corrected chi connectivity index (χ2v) is 0. The van der Waals surface area contributed by atoms with Crippen molar-refractivity contribution in [1.29, 1.82) is 0 Å². The molecule has 0 spiro atoms. The Morgan fingerprint density at radius 2 is 0.600 bits per heavy atom. The maximum absolute atomic E-state index is 0. The van der Waals surface area contributed by atoms with Crippen LogP contribution in [-0.4, -0.2) is 0 Å². The molecule has 0 atom stereocenters. The molecule has 0 unspecified atom stereocenters. The quantitative estimate of drug-likeness (QED) is 0.353. The Hall–Kier alpha value is 1.16. The molecule has 0 saturated heterocycles. The summed E-state index contributed by atoms with van der Waals surface area (Å²) in [6.07, 6.45) is 0. The monoisotopic (exact) mass is 204 g/mol. The fraction of sp³-hybridized carbons (Fsp3) is 0. The Labute approximate surface area is 57.7 Å². The minimum atomic E-state index is 0. The van der Waals surface area contributed by atoms with Crippen molar-refractivity contribution in [2.75, 3.05) is 0 Å². The second-order valence-electron chi connectivity index (χ2n) is 0. The first-order valence-corrected chi connectivity index (χ1v) is 0. The van der Waals surface area contributed by atoms with Gasteiger partial charge in [-0.2, -0.15) is 0 Å². The molecule has 2 nitrogen and oxygen atoms in total. The third kappa shape index (κ3) is 38.2. The van der Waals surface area contributed by atoms with Crippen molar-refractivity contribution < 1.29 is 45.2 Å². The molecule has 0 aromatic heterocycles. The van der Waals surface area contributed by atoms with Crippen LogP contribution in [0.1, 0.15) is 0 Å². The molecular weight excluding hydrogens is 205 g/mol. The maximum Gasteiger partial charge on any atom is 2.00 e. The summed E-state index contributed by atoms with van der Waals surface area (Å²) in [6.45, 7) is 0. The van der Waals surface area contributed by atoms with Crippen molar-refractivity contribution in [3.8, 4) is 0 Å². The van der Waals surface area contributed by atoms with Crippen molar-refractivity contribution >= 4 is 0 Å². The molecular formula is Cl2N2Pd. The molecule has 34 valence electrons. The van der Waals surface area contributed by atoms with Gasteiger partial charge in [-0.25, -0.2) is 0 Å². The van der Waals surface area contributed by atoms with Gasteiger partial charge in [0.2, 0.25) is 0 Å². The van der Waals surface area contributed by atoms with E-state index in [1.165, 1.54) is 0 Å². The topological polar surface area (TPSA) is 61.0 Å². The number of rotatable bonds is 0. The van der Waals surface area contributed by atoms with Crippen LogP contribution in [0.15, 0.2) is 0 Å². The average Bonchev–Trinajstić information content (AvgIpc) is 0. The zero-order chi connectivity index (χ0) is 0. The molecule has 0 aliphatic rings. The Morgan fingerprint density at radius 3 is 0.600 bits per heavy atom. The van der Waals surface area contributed by atoms with E-state index < -0.39 is 0 Å². The zero-order valence-electron chi connectivity index (χ0n) is 1.97. The molecule has 5 heavy (non-hydrogen) atoms. The van der Waals surface area contributed by atoms with Crippen molar-refractivity contribution in [1.82, 2.24) is 12.3 Å². The molecule has 6 radical (unpaired) electrons. The van der Waals surface area contributed by atoms with Gasteiger partial charge in [0.05, 0.1) is 0 Å². The molecule has 0 aliphatic carbocycles. The van der Waals surface area contributed by atoms with E-state index in [4.69, 9.17) is 0 Å². The van der Waals surface area contributed by atoms with Crippen molar-refractivity contribution in [2.45, 2.75) is 0 Å². The summed E-state index contributed by atoms with van der Waals surface area (Å²) in [7, 11) is 0. The van der Waals surface area contributed by atoms with E-state index in [2.05, 4.69) is 0 Å². The summed E-state index contributed by atoms with van der Waals surface area (Å²) in [5, 5.41) is 0. The molecule has 0 saturated carbocycles. The molecule has 0 aliphatic heterocycles. The number of hydrogen-bond donors (Lipinski definition) is 0. The van der Waals surface area contributed by atoms with Crippen molar-refractivity contribution in [3.05, 3.63) is 0 Å². The first-order valence-electron chi connectivity index (χ1n) is 0. The Bertz CT molecular complexity index is 7.61. The third-order valence-electron chi connectivity index (χ3n) is 0. The zero-order valence-corrected chi connectivity index (χ0v) is 5.03. The number of nitrogens with zero attached hydrogens (tertiary/aromatic N) is 2. The Kier molecular flexibility index (Phi) is 1610. The van der Waals surface area contributed by atoms with Gasteiger partial charge in [-0.3, -0.25) is 0 Å². The van der Waals surface area contributed by atoms with Gasteiger partial charge < -0.3 is 24.8 Å². The molecule has 5 heteroatoms. The predicted octanol–water partition coefficient (Wildman–Crippen LogP) is -6.96. The van der Waals surface area contributed by atoms with Crippen LogP contribution in [-0.2, 0) is 20.4 Å². The van der Waals surface area contributed by atoms with Crippen LogP contribution < -0.4 is 37.1 Å². The Morgan fingerprint density at radius 1 is 0.600 bits per heavy atom. The molecule has 0 fully saturated rings. The van der Waals surface area contributed by atoms with E-state index in [9.17, 15) is 0 Å². The van der Waals surface area contributed by atoms with E-state index in [1.807, 2.05) is 0 Å². The number of halogens is 2. The summed E-state index contributed by atoms with van der Waals surface area (Å²) in [5.41, 5.74) is 0. The summed E-state index contributed by atoms with van der Waals surface area (Å²) < 4.78 is 0. The van der Waals surface area contributed by atoms with E-state index in [1.54, 1.807) is 0 Å². The summed E-state index contributed by atoms with van der Waals surface area (Å²) >= 11 is 0. The van der Waals surface area contributed by atoms with E-state index in [-0.39, 0.29) is 57.5 Å². The number of hydrogen-bond acceptors (Lipinski definition) is 0. The minimum absolute atomic E-state index is 0. The van der Waals surface area contributed by atoms with E-state index in [0.29, 0.717) is 0 Å². The summed E-state index contributed by atoms with van der Waals surface area (Å²) in [5.74, 6) is 0. The van der Waals surface area contributed by atoms with Crippen LogP contribution in [0.25, 0.3) is 0 Å². The molecule has 0 bridgehead atoms. The molecule has 0 aromatic carbocycles. The first kappa shape index (κ1) is 122. The molecule has 0 N–H and O–H groups in total. The molecule has 0 rings (SSSR count). The summed E-state index contributed by atoms with van der Waals surface area (Å²) in [4.78, 5) is 0. The van der Waals surface area contributed by atoms with Gasteiger partial charge in [0.25, 0.3) is 0 Å². The molecule has 0 heterocycles. The molecule has 0 aromatic rings. The van der Waals surface area contributed by atoms with Crippen LogP contribution >= 0.6 is 0 Å². The SMILES string of the molecule is [Cl-].[Cl-].[N].[N].[Pd+2]. The summed E-state index contributed by atoms with van der Waals surface area (Å²) in [6, 6.07) is 0. The van der Waals surface area contributed by atoms with Crippen LogP contribution in [0.4, 0.5) is 0 Å². The van der Waals surface area contributed by atoms with Crippen LogP contribution in [0.5, 0.6) is 0 Å². The maximum atomic E-state index is 0. The Balaban J connectivity index is 0.